The average Bonchev–Trinajstić information content (AvgIpc) is 3.72. The monoisotopic (exact) mass is 671 g/mol. The summed E-state index contributed by atoms with van der Waals surface area (Å²) in [5, 5.41) is 10.1. The number of benzene rings is 1. The summed E-state index contributed by atoms with van der Waals surface area (Å²) in [5.74, 6) is -2.33. The number of hydrogen-bond acceptors (Lipinski definition) is 9. The van der Waals surface area contributed by atoms with Gasteiger partial charge in [0.25, 0.3) is 0 Å². The zero-order valence-electron chi connectivity index (χ0n) is 26.5. The zero-order chi connectivity index (χ0) is 36.3. The van der Waals surface area contributed by atoms with Crippen LogP contribution in [0.5, 0.6) is 5.75 Å². The summed E-state index contributed by atoms with van der Waals surface area (Å²) in [6, 6.07) is 5.02. The molecular formula is C27H20B9F2N9O2S. The van der Waals surface area contributed by atoms with E-state index in [2.05, 4.69) is 30.8 Å². The van der Waals surface area contributed by atoms with Crippen molar-refractivity contribution in [2.24, 2.45) is 0 Å². The highest BCUT2D eigenvalue weighted by atomic mass is 32.2. The van der Waals surface area contributed by atoms with Crippen LogP contribution in [0.15, 0.2) is 48.0 Å². The van der Waals surface area contributed by atoms with Gasteiger partial charge in [0, 0.05) is 44.0 Å². The first-order valence-electron chi connectivity index (χ1n) is 15.1. The fourth-order valence-electron chi connectivity index (χ4n) is 5.79. The summed E-state index contributed by atoms with van der Waals surface area (Å²) < 4.78 is 36.9. The lowest BCUT2D eigenvalue weighted by molar-refractivity contribution is -0.132. The summed E-state index contributed by atoms with van der Waals surface area (Å²) in [5.41, 5.74) is 0.216. The van der Waals surface area contributed by atoms with E-state index in [9.17, 15) is 4.79 Å². The molecule has 0 atom stereocenters. The standard InChI is InChI=1S/C27H20B9F2N9O2S/c28-23(29)24(30,31)26(34,35)27(36,25(23,32)33)50-22-43-42-20(47(22)14-2-1-3-40-10-14)13-49-19-9-16(37)15(8-17(19)38)18-11-46(44-41-18)12-21(48)45-6-4-39-5-7-45/h1-3,8-11,39H,4-7,12-13H2. The van der Waals surface area contributed by atoms with Gasteiger partial charge >= 0.3 is 0 Å². The van der Waals surface area contributed by atoms with Crippen LogP contribution < -0.4 is 10.1 Å². The van der Waals surface area contributed by atoms with Crippen molar-refractivity contribution in [2.75, 3.05) is 26.2 Å². The molecule has 2 aliphatic rings. The number of amides is 1. The molecule has 1 aliphatic carbocycles. The van der Waals surface area contributed by atoms with Gasteiger partial charge in [-0.1, -0.05) is 17.0 Å². The second-order valence-electron chi connectivity index (χ2n) is 12.2. The van der Waals surface area contributed by atoms with Crippen molar-refractivity contribution >= 4 is 88.3 Å². The number of nitrogens with one attached hydrogen (secondary N) is 1. The first-order chi connectivity index (χ1) is 23.4. The third kappa shape index (κ3) is 5.76. The third-order valence-corrected chi connectivity index (χ3v) is 10.5. The number of halogens is 2. The molecule has 11 nitrogen and oxygen atoms in total. The van der Waals surface area contributed by atoms with Gasteiger partial charge in [-0.15, -0.1) is 36.2 Å². The molecule has 4 heterocycles. The van der Waals surface area contributed by atoms with Gasteiger partial charge in [0.05, 0.1) is 88.7 Å². The van der Waals surface area contributed by atoms with Gasteiger partial charge < -0.3 is 15.0 Å². The van der Waals surface area contributed by atoms with Crippen LogP contribution in [0.1, 0.15) is 5.82 Å². The SMILES string of the molecule is [B]C1([B])C([B])([B])C([B])([B])C([B])(Sc2nnc(COc3cc(F)c(-c4cn(CC(=O)N5CCNCC5)nn4)cc3F)n2-c2cccnc2)C1([B])[B]. The second-order valence-corrected chi connectivity index (χ2v) is 13.5. The molecule has 18 radical (unpaired) electrons. The largest absolute Gasteiger partial charge is 0.482 e. The maximum absolute atomic E-state index is 15.4. The van der Waals surface area contributed by atoms with Crippen LogP contribution in [0.25, 0.3) is 16.9 Å². The van der Waals surface area contributed by atoms with Crippen molar-refractivity contribution < 1.29 is 18.3 Å². The fraction of sp³-hybridized carbons (Fsp3) is 0.407. The van der Waals surface area contributed by atoms with Crippen molar-refractivity contribution in [2.45, 2.75) is 43.8 Å². The van der Waals surface area contributed by atoms with E-state index in [1.54, 1.807) is 17.0 Å². The normalized spacial score (nSPS) is 20.0. The summed E-state index contributed by atoms with van der Waals surface area (Å²) in [6.07, 6.45) is 4.33. The van der Waals surface area contributed by atoms with Gasteiger partial charge in [-0.3, -0.25) is 14.3 Å². The van der Waals surface area contributed by atoms with Crippen molar-refractivity contribution in [1.29, 1.82) is 0 Å². The van der Waals surface area contributed by atoms with Crippen LogP contribution in [-0.2, 0) is 17.9 Å². The Morgan fingerprint density at radius 2 is 1.60 bits per heavy atom. The van der Waals surface area contributed by atoms with E-state index in [4.69, 9.17) is 75.4 Å². The van der Waals surface area contributed by atoms with Crippen LogP contribution in [0.2, 0.25) is 20.9 Å². The summed E-state index contributed by atoms with van der Waals surface area (Å²) in [7, 11) is 56.9. The van der Waals surface area contributed by atoms with Gasteiger partial charge in [0.2, 0.25) is 5.91 Å². The molecule has 1 saturated carbocycles. The molecule has 0 unspecified atom stereocenters. The van der Waals surface area contributed by atoms with E-state index in [1.807, 2.05) is 0 Å². The minimum atomic E-state index is -2.30. The molecule has 1 N–H and O–H groups in total. The Hall–Kier alpha value is -3.33. The number of hydrogen-bond donors (Lipinski definition) is 1. The number of carbonyl (C=O) groups is 1. The van der Waals surface area contributed by atoms with Crippen LogP contribution in [0.3, 0.4) is 0 Å². The Bertz CT molecular complexity index is 1880. The third-order valence-electron chi connectivity index (χ3n) is 9.10. The van der Waals surface area contributed by atoms with E-state index in [0.29, 0.717) is 43.6 Å². The van der Waals surface area contributed by atoms with E-state index in [1.165, 1.54) is 27.8 Å². The highest BCUT2D eigenvalue weighted by Gasteiger charge is 2.69. The Balaban J connectivity index is 1.25. The highest BCUT2D eigenvalue weighted by Crippen LogP contribution is 2.82. The van der Waals surface area contributed by atoms with Crippen molar-refractivity contribution in [3.05, 3.63) is 60.3 Å². The van der Waals surface area contributed by atoms with Gasteiger partial charge in [0.1, 0.15) is 24.7 Å². The van der Waals surface area contributed by atoms with Crippen LogP contribution in [-0.4, -0.2) is 147 Å². The number of pyridine rings is 1. The molecule has 1 aromatic carbocycles. The predicted molar refractivity (Wildman–Crippen MR) is 189 cm³/mol. The molecule has 4 aromatic rings. The molecule has 23 heteroatoms. The summed E-state index contributed by atoms with van der Waals surface area (Å²) in [6.45, 7) is 1.95. The quantitative estimate of drug-likeness (QED) is 0.224. The number of rotatable bonds is 9. The molecule has 232 valence electrons. The van der Waals surface area contributed by atoms with E-state index in [-0.39, 0.29) is 34.7 Å². The van der Waals surface area contributed by atoms with E-state index < -0.39 is 49.5 Å². The topological polar surface area (TPSA) is 116 Å². The maximum atomic E-state index is 15.4. The minimum absolute atomic E-state index is 0.00586. The molecule has 2 fully saturated rings. The number of ether oxygens (including phenoxy) is 1. The molecule has 50 heavy (non-hydrogen) atoms. The van der Waals surface area contributed by atoms with Crippen molar-refractivity contribution in [3.8, 4) is 22.7 Å². The fourth-order valence-corrected chi connectivity index (χ4v) is 7.14. The molecule has 1 saturated heterocycles. The number of nitrogens with zero attached hydrogens (tertiary/aromatic N) is 8. The first-order valence-corrected chi connectivity index (χ1v) is 15.9. The Labute approximate surface area is 303 Å². The van der Waals surface area contributed by atoms with Crippen LogP contribution in [0.4, 0.5) is 8.78 Å². The molecule has 3 aromatic heterocycles. The molecule has 6 rings (SSSR count). The Kier molecular flexibility index (Phi) is 9.50. The lowest BCUT2D eigenvalue weighted by Crippen LogP contribution is -2.49. The van der Waals surface area contributed by atoms with E-state index >= 15 is 8.78 Å². The second kappa shape index (κ2) is 13.0. The number of piperazine rings is 1. The Morgan fingerprint density at radius 1 is 0.920 bits per heavy atom. The van der Waals surface area contributed by atoms with Crippen molar-refractivity contribution in [1.82, 2.24) is 45.0 Å². The number of thioether (sulfide) groups is 1. The molecule has 0 bridgehead atoms. The predicted octanol–water partition coefficient (Wildman–Crippen LogP) is -1.01. The maximum Gasteiger partial charge on any atom is 0.244 e. The smallest absolute Gasteiger partial charge is 0.244 e. The zero-order valence-corrected chi connectivity index (χ0v) is 27.4. The highest BCUT2D eigenvalue weighted by molar-refractivity contribution is 8.02. The van der Waals surface area contributed by atoms with E-state index in [0.717, 1.165) is 12.1 Å². The molecular weight excluding hydrogens is 650 g/mol. The summed E-state index contributed by atoms with van der Waals surface area (Å²) >= 11 is 0.643. The average molecular weight is 670 g/mol. The van der Waals surface area contributed by atoms with Gasteiger partial charge in [-0.25, -0.2) is 13.5 Å². The first kappa shape index (κ1) is 36.5. The lowest BCUT2D eigenvalue weighted by atomic mass is 9.17. The summed E-state index contributed by atoms with van der Waals surface area (Å²) in [4.78, 5) is 18.4. The molecule has 1 amide bonds. The van der Waals surface area contributed by atoms with Crippen LogP contribution >= 0.6 is 11.8 Å². The minimum Gasteiger partial charge on any atom is -0.482 e. The molecule has 1 aliphatic heterocycles. The van der Waals surface area contributed by atoms with Crippen LogP contribution in [0, 0.1) is 11.6 Å². The number of aromatic nitrogens is 7. The van der Waals surface area contributed by atoms with Crippen molar-refractivity contribution in [3.63, 3.8) is 0 Å². The number of carbonyl (C=O) groups excluding carboxylic acids is 1. The van der Waals surface area contributed by atoms with Gasteiger partial charge in [-0.05, 0) is 22.8 Å². The van der Waals surface area contributed by atoms with Gasteiger partial charge in [0.15, 0.2) is 22.5 Å². The van der Waals surface area contributed by atoms with Gasteiger partial charge in [-0.2, -0.15) is 0 Å². The Morgan fingerprint density at radius 3 is 2.24 bits per heavy atom. The molecule has 0 spiro atoms. The lowest BCUT2D eigenvalue weighted by Gasteiger charge is -2.52.